The minimum Gasteiger partial charge on any atom is -0.497 e. The van der Waals surface area contributed by atoms with Gasteiger partial charge in [0.25, 0.3) is 0 Å². The van der Waals surface area contributed by atoms with Crippen molar-refractivity contribution in [1.82, 2.24) is 0 Å². The molecular formula is C27H13F7O. The van der Waals surface area contributed by atoms with Crippen molar-refractivity contribution in [3.63, 3.8) is 0 Å². The number of rotatable bonds is 3. The molecule has 0 radical (unpaired) electrons. The Kier molecular flexibility index (Phi) is 5.39. The summed E-state index contributed by atoms with van der Waals surface area (Å²) in [5, 5.41) is -2.36. The van der Waals surface area contributed by atoms with Gasteiger partial charge in [0.05, 0.1) is 12.7 Å². The highest BCUT2D eigenvalue weighted by atomic mass is 19.2. The van der Waals surface area contributed by atoms with E-state index in [1.165, 1.54) is 36.4 Å². The van der Waals surface area contributed by atoms with Crippen molar-refractivity contribution < 1.29 is 35.5 Å². The van der Waals surface area contributed by atoms with Crippen LogP contribution < -0.4 is 4.74 Å². The van der Waals surface area contributed by atoms with Crippen LogP contribution in [-0.4, -0.2) is 7.11 Å². The molecule has 5 aromatic rings. The van der Waals surface area contributed by atoms with Gasteiger partial charge < -0.3 is 4.74 Å². The summed E-state index contributed by atoms with van der Waals surface area (Å²) in [5.41, 5.74) is -1.68. The molecule has 35 heavy (non-hydrogen) atoms. The van der Waals surface area contributed by atoms with Crippen molar-refractivity contribution in [2.24, 2.45) is 0 Å². The summed E-state index contributed by atoms with van der Waals surface area (Å²) in [7, 11) is 1.16. The van der Waals surface area contributed by atoms with E-state index in [1.54, 1.807) is 6.07 Å². The van der Waals surface area contributed by atoms with Crippen LogP contribution in [0.4, 0.5) is 30.7 Å². The lowest BCUT2D eigenvalue weighted by Crippen LogP contribution is -2.04. The van der Waals surface area contributed by atoms with Crippen LogP contribution in [0.5, 0.6) is 5.75 Å². The fraction of sp³-hybridized carbons (Fsp3) is 0.0370. The lowest BCUT2D eigenvalue weighted by atomic mass is 9.84. The second-order valence-electron chi connectivity index (χ2n) is 7.75. The second-order valence-corrected chi connectivity index (χ2v) is 7.75. The van der Waals surface area contributed by atoms with E-state index in [0.717, 1.165) is 25.3 Å². The summed E-state index contributed by atoms with van der Waals surface area (Å²) < 4.78 is 110. The molecular weight excluding hydrogens is 473 g/mol. The zero-order chi connectivity index (χ0) is 25.0. The summed E-state index contributed by atoms with van der Waals surface area (Å²) in [6.45, 7) is 0. The van der Waals surface area contributed by atoms with Gasteiger partial charge >= 0.3 is 0 Å². The smallest absolute Gasteiger partial charge is 0.198 e. The van der Waals surface area contributed by atoms with E-state index in [-0.39, 0.29) is 27.6 Å². The van der Waals surface area contributed by atoms with Gasteiger partial charge in [-0.2, -0.15) is 0 Å². The number of halogens is 7. The summed E-state index contributed by atoms with van der Waals surface area (Å²) >= 11 is 0. The molecule has 1 nitrogen and oxygen atoms in total. The van der Waals surface area contributed by atoms with Gasteiger partial charge in [0.2, 0.25) is 0 Å². The van der Waals surface area contributed by atoms with Crippen LogP contribution in [0.25, 0.3) is 43.8 Å². The third kappa shape index (κ3) is 3.31. The Morgan fingerprint density at radius 1 is 0.514 bits per heavy atom. The number of ether oxygens (including phenoxy) is 1. The van der Waals surface area contributed by atoms with Crippen LogP contribution in [0, 0.1) is 40.7 Å². The maximum Gasteiger partial charge on any atom is 0.198 e. The molecule has 0 bridgehead atoms. The van der Waals surface area contributed by atoms with Gasteiger partial charge in [-0.05, 0) is 17.0 Å². The van der Waals surface area contributed by atoms with Gasteiger partial charge in [-0.15, -0.1) is 0 Å². The van der Waals surface area contributed by atoms with E-state index in [0.29, 0.717) is 0 Å². The molecule has 0 heterocycles. The Bertz CT molecular complexity index is 1620. The average Bonchev–Trinajstić information content (AvgIpc) is 2.85. The van der Waals surface area contributed by atoms with E-state index < -0.39 is 62.6 Å². The lowest BCUT2D eigenvalue weighted by molar-refractivity contribution is 0.407. The topological polar surface area (TPSA) is 9.23 Å². The van der Waals surface area contributed by atoms with Gasteiger partial charge in [0.15, 0.2) is 23.3 Å². The molecule has 5 aromatic carbocycles. The van der Waals surface area contributed by atoms with Crippen molar-refractivity contribution >= 4 is 21.5 Å². The fourth-order valence-electron chi connectivity index (χ4n) is 4.41. The third-order valence-electron chi connectivity index (χ3n) is 5.86. The van der Waals surface area contributed by atoms with Crippen molar-refractivity contribution in [1.29, 1.82) is 0 Å². The zero-order valence-electron chi connectivity index (χ0n) is 17.8. The molecule has 0 amide bonds. The number of fused-ring (bicyclic) bond motifs is 2. The number of benzene rings is 5. The minimum absolute atomic E-state index is 0.152. The quantitative estimate of drug-likeness (QED) is 0.108. The third-order valence-corrected chi connectivity index (χ3v) is 5.86. The molecule has 0 atom stereocenters. The van der Waals surface area contributed by atoms with E-state index >= 15 is 22.0 Å². The Morgan fingerprint density at radius 2 is 1.09 bits per heavy atom. The highest BCUT2D eigenvalue weighted by Gasteiger charge is 2.31. The second kappa shape index (κ2) is 8.30. The largest absolute Gasteiger partial charge is 0.497 e. The van der Waals surface area contributed by atoms with E-state index in [1.807, 2.05) is 0 Å². The normalized spacial score (nSPS) is 11.4. The number of hydrogen-bond donors (Lipinski definition) is 0. The van der Waals surface area contributed by atoms with Gasteiger partial charge in [-0.1, -0.05) is 42.5 Å². The zero-order valence-corrected chi connectivity index (χ0v) is 17.8. The first-order valence-electron chi connectivity index (χ1n) is 10.2. The summed E-state index contributed by atoms with van der Waals surface area (Å²) in [6.07, 6.45) is 0. The van der Waals surface area contributed by atoms with Crippen LogP contribution in [0.3, 0.4) is 0 Å². The highest BCUT2D eigenvalue weighted by molar-refractivity contribution is 6.22. The Balaban J connectivity index is 2.16. The summed E-state index contributed by atoms with van der Waals surface area (Å²) in [5.74, 6) is -11.7. The number of methoxy groups -OCH3 is 1. The standard InChI is InChI=1S/C27H13F7O/c1-35-13-10-16(29)21(17(30)11-13)20-14-8-5-9-15(28)19(14)18(12-6-3-2-4-7-12)22-23(20)25(32)27(34)26(33)24(22)31/h2-11H,1H3. The summed E-state index contributed by atoms with van der Waals surface area (Å²) in [4.78, 5) is 0. The molecule has 0 aliphatic carbocycles. The molecule has 0 aromatic heterocycles. The van der Waals surface area contributed by atoms with Gasteiger partial charge in [-0.25, -0.2) is 30.7 Å². The van der Waals surface area contributed by atoms with Crippen molar-refractivity contribution in [3.8, 4) is 28.0 Å². The lowest BCUT2D eigenvalue weighted by Gasteiger charge is -2.20. The van der Waals surface area contributed by atoms with E-state index in [9.17, 15) is 8.78 Å². The molecule has 0 saturated carbocycles. The summed E-state index contributed by atoms with van der Waals surface area (Å²) in [6, 6.07) is 12.6. The molecule has 5 rings (SSSR count). The molecule has 0 N–H and O–H groups in total. The average molecular weight is 486 g/mol. The van der Waals surface area contributed by atoms with Crippen LogP contribution in [0.2, 0.25) is 0 Å². The van der Waals surface area contributed by atoms with E-state index in [2.05, 4.69) is 0 Å². The highest BCUT2D eigenvalue weighted by Crippen LogP contribution is 2.48. The Morgan fingerprint density at radius 3 is 1.66 bits per heavy atom. The van der Waals surface area contributed by atoms with Crippen molar-refractivity contribution in [2.45, 2.75) is 0 Å². The predicted octanol–water partition coefficient (Wildman–Crippen LogP) is 8.31. The first-order chi connectivity index (χ1) is 16.8. The fourth-order valence-corrected chi connectivity index (χ4v) is 4.41. The molecule has 0 saturated heterocycles. The van der Waals surface area contributed by atoms with Crippen LogP contribution >= 0.6 is 0 Å². The van der Waals surface area contributed by atoms with Gasteiger partial charge in [-0.3, -0.25) is 0 Å². The molecule has 8 heteroatoms. The molecule has 0 aliphatic rings. The van der Waals surface area contributed by atoms with Crippen molar-refractivity contribution in [3.05, 3.63) is 101 Å². The SMILES string of the molecule is COc1cc(F)c(-c2c3cccc(F)c3c(-c3ccccc3)c3c(F)c(F)c(F)c(F)c23)c(F)c1. The predicted molar refractivity (Wildman–Crippen MR) is 119 cm³/mol. The minimum atomic E-state index is -2.17. The molecule has 0 aliphatic heterocycles. The van der Waals surface area contributed by atoms with Gasteiger partial charge in [0.1, 0.15) is 23.2 Å². The first kappa shape index (κ1) is 22.7. The van der Waals surface area contributed by atoms with Crippen LogP contribution in [0.1, 0.15) is 0 Å². The first-order valence-corrected chi connectivity index (χ1v) is 10.2. The van der Waals surface area contributed by atoms with Gasteiger partial charge in [0, 0.05) is 39.4 Å². The monoisotopic (exact) mass is 486 g/mol. The maximum atomic E-state index is 15.4. The maximum absolute atomic E-state index is 15.4. The Labute approximate surface area is 194 Å². The van der Waals surface area contributed by atoms with Crippen molar-refractivity contribution in [2.75, 3.05) is 7.11 Å². The molecule has 0 unspecified atom stereocenters. The van der Waals surface area contributed by atoms with Crippen LogP contribution in [0.15, 0.2) is 60.7 Å². The Hall–Kier alpha value is -4.07. The number of hydrogen-bond acceptors (Lipinski definition) is 1. The molecule has 0 fully saturated rings. The molecule has 176 valence electrons. The van der Waals surface area contributed by atoms with E-state index in [4.69, 9.17) is 4.74 Å². The molecule has 0 spiro atoms. The van der Waals surface area contributed by atoms with Crippen LogP contribution in [-0.2, 0) is 0 Å².